The van der Waals surface area contributed by atoms with Crippen LogP contribution in [0, 0.1) is 0 Å². The molecule has 0 saturated carbocycles. The highest BCUT2D eigenvalue weighted by molar-refractivity contribution is 5.52. The van der Waals surface area contributed by atoms with E-state index in [2.05, 4.69) is 20.5 Å². The van der Waals surface area contributed by atoms with Crippen molar-refractivity contribution in [1.29, 1.82) is 0 Å². The molecule has 2 rings (SSSR count). The number of nitrogens with zero attached hydrogens (tertiary/aromatic N) is 5. The van der Waals surface area contributed by atoms with Gasteiger partial charge >= 0.3 is 0 Å². The molecule has 2 aromatic rings. The number of aromatic nitrogens is 5. The van der Waals surface area contributed by atoms with Crippen LogP contribution in [0.1, 0.15) is 0 Å². The van der Waals surface area contributed by atoms with E-state index in [-0.39, 0.29) is 6.61 Å². The second kappa shape index (κ2) is 3.93. The molecule has 0 amide bonds. The van der Waals surface area contributed by atoms with Gasteiger partial charge in [-0.1, -0.05) is 0 Å². The van der Waals surface area contributed by atoms with Crippen molar-refractivity contribution in [3.63, 3.8) is 0 Å². The first-order chi connectivity index (χ1) is 6.92. The van der Waals surface area contributed by atoms with Gasteiger partial charge in [0.2, 0.25) is 0 Å². The summed E-state index contributed by atoms with van der Waals surface area (Å²) in [5.41, 5.74) is 0.887. The lowest BCUT2D eigenvalue weighted by atomic mass is 10.2. The molecule has 0 fully saturated rings. The molecule has 0 aliphatic heterocycles. The molecule has 0 saturated heterocycles. The van der Waals surface area contributed by atoms with Crippen LogP contribution in [-0.4, -0.2) is 36.9 Å². The number of tetrazole rings is 1. The van der Waals surface area contributed by atoms with E-state index < -0.39 is 0 Å². The van der Waals surface area contributed by atoms with Crippen LogP contribution in [0.5, 0.6) is 0 Å². The molecule has 0 aromatic carbocycles. The van der Waals surface area contributed by atoms with Crippen LogP contribution in [0.4, 0.5) is 0 Å². The second-order valence-electron chi connectivity index (χ2n) is 2.69. The second-order valence-corrected chi connectivity index (χ2v) is 2.69. The molecule has 6 nitrogen and oxygen atoms in total. The number of hydrogen-bond acceptors (Lipinski definition) is 5. The van der Waals surface area contributed by atoms with Crippen LogP contribution >= 0.6 is 0 Å². The van der Waals surface area contributed by atoms with E-state index in [9.17, 15) is 0 Å². The van der Waals surface area contributed by atoms with Gasteiger partial charge in [0.1, 0.15) is 0 Å². The van der Waals surface area contributed by atoms with Crippen molar-refractivity contribution in [2.24, 2.45) is 0 Å². The summed E-state index contributed by atoms with van der Waals surface area (Å²) < 4.78 is 1.55. The van der Waals surface area contributed by atoms with Gasteiger partial charge in [-0.25, -0.2) is 4.68 Å². The van der Waals surface area contributed by atoms with Crippen LogP contribution in [0.2, 0.25) is 0 Å². The van der Waals surface area contributed by atoms with Crippen molar-refractivity contribution < 1.29 is 5.11 Å². The maximum Gasteiger partial charge on any atom is 0.182 e. The lowest BCUT2D eigenvalue weighted by Crippen LogP contribution is -2.06. The van der Waals surface area contributed by atoms with Crippen LogP contribution < -0.4 is 0 Å². The third-order valence-corrected chi connectivity index (χ3v) is 1.78. The Morgan fingerprint density at radius 3 is 2.79 bits per heavy atom. The number of rotatable bonds is 3. The molecule has 1 N–H and O–H groups in total. The Morgan fingerprint density at radius 1 is 1.29 bits per heavy atom. The molecule has 0 bridgehead atoms. The monoisotopic (exact) mass is 191 g/mol. The number of hydrogen-bond donors (Lipinski definition) is 1. The molecular formula is C8H9N5O. The molecule has 14 heavy (non-hydrogen) atoms. The molecular weight excluding hydrogens is 182 g/mol. The first-order valence-corrected chi connectivity index (χ1v) is 4.19. The average molecular weight is 191 g/mol. The highest BCUT2D eigenvalue weighted by Crippen LogP contribution is 2.12. The molecule has 2 heterocycles. The normalized spacial score (nSPS) is 10.4. The SMILES string of the molecule is OCCn1nnnc1-c1ccncc1. The summed E-state index contributed by atoms with van der Waals surface area (Å²) in [6, 6.07) is 3.64. The minimum Gasteiger partial charge on any atom is -0.394 e. The van der Waals surface area contributed by atoms with E-state index in [1.807, 2.05) is 12.1 Å². The van der Waals surface area contributed by atoms with E-state index in [1.54, 1.807) is 17.1 Å². The summed E-state index contributed by atoms with van der Waals surface area (Å²) in [7, 11) is 0. The topological polar surface area (TPSA) is 76.7 Å². The molecule has 0 aliphatic carbocycles. The van der Waals surface area contributed by atoms with E-state index in [0.29, 0.717) is 12.4 Å². The zero-order chi connectivity index (χ0) is 9.80. The minimum atomic E-state index is 0.0170. The Balaban J connectivity index is 2.37. The molecule has 0 unspecified atom stereocenters. The van der Waals surface area contributed by atoms with E-state index in [1.165, 1.54) is 0 Å². The van der Waals surface area contributed by atoms with E-state index in [0.717, 1.165) is 5.56 Å². The van der Waals surface area contributed by atoms with Crippen molar-refractivity contribution in [3.05, 3.63) is 24.5 Å². The zero-order valence-corrected chi connectivity index (χ0v) is 7.41. The van der Waals surface area contributed by atoms with Crippen molar-refractivity contribution in [2.75, 3.05) is 6.61 Å². The lowest BCUT2D eigenvalue weighted by molar-refractivity contribution is 0.269. The van der Waals surface area contributed by atoms with Gasteiger partial charge in [-0.2, -0.15) is 0 Å². The summed E-state index contributed by atoms with van der Waals surface area (Å²) in [5, 5.41) is 20.0. The summed E-state index contributed by atoms with van der Waals surface area (Å²) in [6.45, 7) is 0.410. The predicted molar refractivity (Wildman–Crippen MR) is 48.1 cm³/mol. The third-order valence-electron chi connectivity index (χ3n) is 1.78. The first kappa shape index (κ1) is 8.76. The maximum atomic E-state index is 8.78. The van der Waals surface area contributed by atoms with Crippen molar-refractivity contribution in [2.45, 2.75) is 6.54 Å². The van der Waals surface area contributed by atoms with Crippen LogP contribution in [0.3, 0.4) is 0 Å². The fourth-order valence-corrected chi connectivity index (χ4v) is 1.16. The molecule has 0 aliphatic rings. The average Bonchev–Trinajstić information content (AvgIpc) is 2.68. The highest BCUT2D eigenvalue weighted by atomic mass is 16.3. The predicted octanol–water partition coefficient (Wildman–Crippen LogP) is -0.273. The highest BCUT2D eigenvalue weighted by Gasteiger charge is 2.06. The standard InChI is InChI=1S/C8H9N5O/c14-6-5-13-8(10-11-12-13)7-1-3-9-4-2-7/h1-4,14H,5-6H2. The fourth-order valence-electron chi connectivity index (χ4n) is 1.16. The van der Waals surface area contributed by atoms with Gasteiger partial charge in [0.15, 0.2) is 5.82 Å². The van der Waals surface area contributed by atoms with Crippen LogP contribution in [0.15, 0.2) is 24.5 Å². The summed E-state index contributed by atoms with van der Waals surface area (Å²) >= 11 is 0. The smallest absolute Gasteiger partial charge is 0.182 e. The number of pyridine rings is 1. The Labute approximate surface area is 80.2 Å². The van der Waals surface area contributed by atoms with Gasteiger partial charge < -0.3 is 5.11 Å². The van der Waals surface area contributed by atoms with Crippen LogP contribution in [-0.2, 0) is 6.54 Å². The first-order valence-electron chi connectivity index (χ1n) is 4.19. The zero-order valence-electron chi connectivity index (χ0n) is 7.41. The van der Waals surface area contributed by atoms with Crippen molar-refractivity contribution in [3.8, 4) is 11.4 Å². The molecule has 2 aromatic heterocycles. The molecule has 0 radical (unpaired) electrons. The van der Waals surface area contributed by atoms with E-state index >= 15 is 0 Å². The Hall–Kier alpha value is -1.82. The lowest BCUT2D eigenvalue weighted by Gasteiger charge is -2.00. The fraction of sp³-hybridized carbons (Fsp3) is 0.250. The summed E-state index contributed by atoms with van der Waals surface area (Å²) in [6.07, 6.45) is 3.35. The Kier molecular flexibility index (Phi) is 2.46. The summed E-state index contributed by atoms with van der Waals surface area (Å²) in [4.78, 5) is 3.90. The van der Waals surface area contributed by atoms with Gasteiger partial charge in [0.05, 0.1) is 13.2 Å². The van der Waals surface area contributed by atoms with Crippen LogP contribution in [0.25, 0.3) is 11.4 Å². The van der Waals surface area contributed by atoms with Gasteiger partial charge in [0.25, 0.3) is 0 Å². The largest absolute Gasteiger partial charge is 0.394 e. The Bertz CT molecular complexity index is 399. The third kappa shape index (κ3) is 1.60. The quantitative estimate of drug-likeness (QED) is 0.722. The number of aliphatic hydroxyl groups excluding tert-OH is 1. The van der Waals surface area contributed by atoms with E-state index in [4.69, 9.17) is 5.11 Å². The number of aliphatic hydroxyl groups is 1. The molecule has 6 heteroatoms. The Morgan fingerprint density at radius 2 is 2.07 bits per heavy atom. The molecule has 0 spiro atoms. The maximum absolute atomic E-state index is 8.78. The van der Waals surface area contributed by atoms with Gasteiger partial charge in [-0.3, -0.25) is 4.98 Å². The summed E-state index contributed by atoms with van der Waals surface area (Å²) in [5.74, 6) is 0.640. The van der Waals surface area contributed by atoms with Crippen molar-refractivity contribution >= 4 is 0 Å². The van der Waals surface area contributed by atoms with Gasteiger partial charge in [-0.05, 0) is 22.6 Å². The van der Waals surface area contributed by atoms with Crippen molar-refractivity contribution in [1.82, 2.24) is 25.2 Å². The van der Waals surface area contributed by atoms with Gasteiger partial charge in [0, 0.05) is 18.0 Å². The van der Waals surface area contributed by atoms with Gasteiger partial charge in [-0.15, -0.1) is 5.10 Å². The minimum absolute atomic E-state index is 0.0170. The molecule has 0 atom stereocenters. The molecule has 72 valence electrons.